The van der Waals surface area contributed by atoms with Gasteiger partial charge in [0, 0.05) is 6.20 Å². The zero-order valence-electron chi connectivity index (χ0n) is 6.26. The van der Waals surface area contributed by atoms with E-state index in [1.54, 1.807) is 0 Å². The van der Waals surface area contributed by atoms with E-state index in [2.05, 4.69) is 15.0 Å². The predicted octanol–water partition coefficient (Wildman–Crippen LogP) is 1.98. The molecule has 0 aliphatic carbocycles. The normalized spacial score (nSPS) is 12.2. The SMILES string of the molecule is FC(F)(F)c1nc2ccncc2[nH]1. The first-order chi connectivity index (χ1) is 6.07. The fraction of sp³-hybridized carbons (Fsp3) is 0.143. The molecule has 0 atom stereocenters. The van der Waals surface area contributed by atoms with Crippen molar-refractivity contribution < 1.29 is 13.2 Å². The smallest absolute Gasteiger partial charge is 0.333 e. The molecule has 0 amide bonds. The van der Waals surface area contributed by atoms with Gasteiger partial charge in [0.05, 0.1) is 17.2 Å². The van der Waals surface area contributed by atoms with E-state index in [0.29, 0.717) is 0 Å². The van der Waals surface area contributed by atoms with Crippen LogP contribution in [-0.2, 0) is 6.18 Å². The van der Waals surface area contributed by atoms with Gasteiger partial charge in [-0.05, 0) is 6.07 Å². The standard InChI is InChI=1S/C7H4F3N3/c8-7(9,10)6-12-4-1-2-11-3-5(4)13-6/h1-3H,(H,12,13). The third-order valence-corrected chi connectivity index (χ3v) is 1.55. The predicted molar refractivity (Wildman–Crippen MR) is 38.9 cm³/mol. The number of pyridine rings is 1. The summed E-state index contributed by atoms with van der Waals surface area (Å²) in [6.07, 6.45) is -1.74. The number of nitrogens with zero attached hydrogens (tertiary/aromatic N) is 2. The Bertz CT molecular complexity index is 399. The first-order valence-corrected chi connectivity index (χ1v) is 3.44. The molecule has 3 nitrogen and oxygen atoms in total. The topological polar surface area (TPSA) is 41.6 Å². The zero-order valence-corrected chi connectivity index (χ0v) is 6.26. The molecule has 0 saturated carbocycles. The summed E-state index contributed by atoms with van der Waals surface area (Å²) in [6, 6.07) is 1.42. The number of halogens is 3. The van der Waals surface area contributed by atoms with E-state index in [0.717, 1.165) is 0 Å². The lowest BCUT2D eigenvalue weighted by molar-refractivity contribution is -0.144. The van der Waals surface area contributed by atoms with Gasteiger partial charge in [-0.3, -0.25) is 4.98 Å². The van der Waals surface area contributed by atoms with E-state index < -0.39 is 12.0 Å². The lowest BCUT2D eigenvalue weighted by Crippen LogP contribution is -2.06. The minimum absolute atomic E-state index is 0.266. The maximum absolute atomic E-state index is 12.1. The molecule has 6 heteroatoms. The van der Waals surface area contributed by atoms with Gasteiger partial charge in [0.1, 0.15) is 0 Å². The van der Waals surface area contributed by atoms with Crippen molar-refractivity contribution in [1.82, 2.24) is 15.0 Å². The molecular weight excluding hydrogens is 183 g/mol. The summed E-state index contributed by atoms with van der Waals surface area (Å²) >= 11 is 0. The van der Waals surface area contributed by atoms with Gasteiger partial charge in [-0.25, -0.2) is 4.98 Å². The number of alkyl halides is 3. The highest BCUT2D eigenvalue weighted by atomic mass is 19.4. The summed E-state index contributed by atoms with van der Waals surface area (Å²) in [5.41, 5.74) is 0.553. The van der Waals surface area contributed by atoms with Crippen LogP contribution < -0.4 is 0 Å². The van der Waals surface area contributed by atoms with Crippen molar-refractivity contribution in [2.24, 2.45) is 0 Å². The first kappa shape index (κ1) is 8.03. The summed E-state index contributed by atoms with van der Waals surface area (Å²) in [7, 11) is 0. The monoisotopic (exact) mass is 187 g/mol. The number of hydrogen-bond acceptors (Lipinski definition) is 2. The molecule has 0 spiro atoms. The van der Waals surface area contributed by atoms with E-state index in [1.807, 2.05) is 0 Å². The number of hydrogen-bond donors (Lipinski definition) is 1. The highest BCUT2D eigenvalue weighted by Gasteiger charge is 2.34. The van der Waals surface area contributed by atoms with Gasteiger partial charge in [0.25, 0.3) is 0 Å². The molecule has 0 saturated heterocycles. The Morgan fingerprint density at radius 1 is 1.31 bits per heavy atom. The molecule has 0 aliphatic rings. The van der Waals surface area contributed by atoms with E-state index in [-0.39, 0.29) is 11.0 Å². The van der Waals surface area contributed by atoms with Gasteiger partial charge < -0.3 is 4.98 Å². The second-order valence-corrected chi connectivity index (χ2v) is 2.48. The fourth-order valence-electron chi connectivity index (χ4n) is 0.991. The molecule has 13 heavy (non-hydrogen) atoms. The van der Waals surface area contributed by atoms with Crippen LogP contribution in [0.15, 0.2) is 18.5 Å². The molecule has 0 fully saturated rings. The Kier molecular flexibility index (Phi) is 1.51. The Labute approximate surface area is 70.6 Å². The Hall–Kier alpha value is -1.59. The molecule has 2 aromatic heterocycles. The second-order valence-electron chi connectivity index (χ2n) is 2.48. The lowest BCUT2D eigenvalue weighted by atomic mass is 10.4. The minimum Gasteiger partial charge on any atom is -0.333 e. The quantitative estimate of drug-likeness (QED) is 0.685. The summed E-state index contributed by atoms with van der Waals surface area (Å²) in [4.78, 5) is 9.17. The molecule has 2 heterocycles. The van der Waals surface area contributed by atoms with Crippen LogP contribution in [0, 0.1) is 0 Å². The van der Waals surface area contributed by atoms with Crippen molar-refractivity contribution in [3.8, 4) is 0 Å². The molecule has 0 radical (unpaired) electrons. The molecule has 68 valence electrons. The summed E-state index contributed by atoms with van der Waals surface area (Å²) in [6.45, 7) is 0. The summed E-state index contributed by atoms with van der Waals surface area (Å²) < 4.78 is 36.3. The van der Waals surface area contributed by atoms with Crippen molar-refractivity contribution in [3.05, 3.63) is 24.3 Å². The summed E-state index contributed by atoms with van der Waals surface area (Å²) in [5.74, 6) is -0.990. The van der Waals surface area contributed by atoms with Crippen LogP contribution >= 0.6 is 0 Å². The molecule has 0 unspecified atom stereocenters. The number of aromatic amines is 1. The van der Waals surface area contributed by atoms with Gasteiger partial charge in [-0.1, -0.05) is 0 Å². The van der Waals surface area contributed by atoms with Crippen LogP contribution in [0.3, 0.4) is 0 Å². The van der Waals surface area contributed by atoms with Gasteiger partial charge in [-0.15, -0.1) is 0 Å². The minimum atomic E-state index is -4.43. The van der Waals surface area contributed by atoms with Crippen LogP contribution in [0.2, 0.25) is 0 Å². The largest absolute Gasteiger partial charge is 0.449 e. The summed E-state index contributed by atoms with van der Waals surface area (Å²) in [5, 5.41) is 0. The molecule has 0 bridgehead atoms. The van der Waals surface area contributed by atoms with Crippen LogP contribution in [0.1, 0.15) is 5.82 Å². The molecule has 2 aromatic rings. The molecule has 0 aliphatic heterocycles. The van der Waals surface area contributed by atoms with Crippen molar-refractivity contribution in [2.75, 3.05) is 0 Å². The number of fused-ring (bicyclic) bond motifs is 1. The molecule has 2 rings (SSSR count). The number of aromatic nitrogens is 3. The molecule has 0 aromatic carbocycles. The van der Waals surface area contributed by atoms with Gasteiger partial charge in [0.2, 0.25) is 5.82 Å². The number of H-pyrrole nitrogens is 1. The van der Waals surface area contributed by atoms with Gasteiger partial charge in [-0.2, -0.15) is 13.2 Å². The van der Waals surface area contributed by atoms with Gasteiger partial charge in [0.15, 0.2) is 0 Å². The van der Waals surface area contributed by atoms with Crippen molar-refractivity contribution in [1.29, 1.82) is 0 Å². The molecular formula is C7H4F3N3. The number of rotatable bonds is 0. The Morgan fingerprint density at radius 2 is 2.08 bits per heavy atom. The van der Waals surface area contributed by atoms with E-state index in [4.69, 9.17) is 0 Å². The van der Waals surface area contributed by atoms with Crippen LogP contribution in [-0.4, -0.2) is 15.0 Å². The average Bonchev–Trinajstić information content (AvgIpc) is 2.45. The average molecular weight is 187 g/mol. The van der Waals surface area contributed by atoms with Crippen LogP contribution in [0.4, 0.5) is 13.2 Å². The highest BCUT2D eigenvalue weighted by Crippen LogP contribution is 2.27. The Morgan fingerprint density at radius 3 is 2.69 bits per heavy atom. The van der Waals surface area contributed by atoms with Crippen LogP contribution in [0.25, 0.3) is 11.0 Å². The second kappa shape index (κ2) is 2.45. The maximum Gasteiger partial charge on any atom is 0.449 e. The first-order valence-electron chi connectivity index (χ1n) is 3.44. The maximum atomic E-state index is 12.1. The van der Waals surface area contributed by atoms with Crippen molar-refractivity contribution >= 4 is 11.0 Å². The molecule has 1 N–H and O–H groups in total. The van der Waals surface area contributed by atoms with E-state index in [1.165, 1.54) is 18.5 Å². The Balaban J connectivity index is 2.63. The van der Waals surface area contributed by atoms with Crippen molar-refractivity contribution in [3.63, 3.8) is 0 Å². The van der Waals surface area contributed by atoms with Crippen LogP contribution in [0.5, 0.6) is 0 Å². The lowest BCUT2D eigenvalue weighted by Gasteiger charge is -1.98. The number of nitrogens with one attached hydrogen (secondary N) is 1. The number of imidazole rings is 1. The van der Waals surface area contributed by atoms with Gasteiger partial charge >= 0.3 is 6.18 Å². The highest BCUT2D eigenvalue weighted by molar-refractivity contribution is 5.73. The van der Waals surface area contributed by atoms with Crippen molar-refractivity contribution in [2.45, 2.75) is 6.18 Å². The van der Waals surface area contributed by atoms with E-state index in [9.17, 15) is 13.2 Å². The van der Waals surface area contributed by atoms with E-state index >= 15 is 0 Å². The third kappa shape index (κ3) is 1.34. The zero-order chi connectivity index (χ0) is 9.47. The fourth-order valence-corrected chi connectivity index (χ4v) is 0.991. The third-order valence-electron chi connectivity index (χ3n) is 1.55.